The van der Waals surface area contributed by atoms with Gasteiger partial charge in [0.1, 0.15) is 5.82 Å². The number of H-pyrrole nitrogens is 1. The third-order valence-corrected chi connectivity index (χ3v) is 3.15. The highest BCUT2D eigenvalue weighted by molar-refractivity contribution is 9.10. The van der Waals surface area contributed by atoms with Gasteiger partial charge < -0.3 is 14.8 Å². The third kappa shape index (κ3) is 2.46. The molecule has 100 valence electrons. The maximum Gasteiger partial charge on any atom is 0.287 e. The summed E-state index contributed by atoms with van der Waals surface area (Å²) in [4.78, 5) is 17.7. The summed E-state index contributed by atoms with van der Waals surface area (Å²) in [5.74, 6) is -0.558. The molecule has 7 heteroatoms. The van der Waals surface area contributed by atoms with Crippen LogP contribution in [0.5, 0.6) is 11.5 Å². The molecule has 0 fully saturated rings. The molecular formula is C12H10BrFN2O3. The highest BCUT2D eigenvalue weighted by Gasteiger charge is 2.13. The van der Waals surface area contributed by atoms with E-state index < -0.39 is 11.4 Å². The van der Waals surface area contributed by atoms with Gasteiger partial charge in [-0.2, -0.15) is 4.39 Å². The van der Waals surface area contributed by atoms with Crippen molar-refractivity contribution in [3.05, 3.63) is 38.5 Å². The van der Waals surface area contributed by atoms with Gasteiger partial charge in [-0.3, -0.25) is 4.79 Å². The van der Waals surface area contributed by atoms with Crippen LogP contribution in [-0.2, 0) is 0 Å². The summed E-state index contributed by atoms with van der Waals surface area (Å²) < 4.78 is 18.6. The van der Waals surface area contributed by atoms with Crippen molar-refractivity contribution in [3.8, 4) is 22.9 Å². The lowest BCUT2D eigenvalue weighted by Gasteiger charge is -2.09. The molecule has 0 bridgehead atoms. The van der Waals surface area contributed by atoms with Gasteiger partial charge in [0.15, 0.2) is 11.5 Å². The zero-order chi connectivity index (χ0) is 14.2. The molecular weight excluding hydrogens is 319 g/mol. The molecule has 0 saturated heterocycles. The van der Waals surface area contributed by atoms with Gasteiger partial charge in [0.05, 0.1) is 17.3 Å². The number of hydrogen-bond donors (Lipinski definition) is 2. The fourth-order valence-corrected chi connectivity index (χ4v) is 2.02. The minimum atomic E-state index is -0.909. The zero-order valence-electron chi connectivity index (χ0n) is 10.1. The van der Waals surface area contributed by atoms with Crippen LogP contribution in [0.4, 0.5) is 4.39 Å². The molecule has 1 aromatic heterocycles. The van der Waals surface area contributed by atoms with E-state index in [-0.39, 0.29) is 23.0 Å². The SMILES string of the molecule is COc1cc(-c2nc(C)c(F)c(=O)[nH]2)cc(Br)c1O. The van der Waals surface area contributed by atoms with E-state index in [9.17, 15) is 14.3 Å². The van der Waals surface area contributed by atoms with E-state index in [1.807, 2.05) is 0 Å². The van der Waals surface area contributed by atoms with Gasteiger partial charge in [-0.05, 0) is 35.0 Å². The highest BCUT2D eigenvalue weighted by Crippen LogP contribution is 2.37. The number of halogens is 2. The van der Waals surface area contributed by atoms with Gasteiger partial charge in [-0.25, -0.2) is 4.98 Å². The van der Waals surface area contributed by atoms with Crippen molar-refractivity contribution < 1.29 is 14.2 Å². The lowest BCUT2D eigenvalue weighted by atomic mass is 10.2. The van der Waals surface area contributed by atoms with E-state index >= 15 is 0 Å². The standard InChI is InChI=1S/C12H10BrFN2O3/c1-5-9(14)12(18)16-11(15-5)6-3-7(13)10(17)8(4-6)19-2/h3-4,17H,1-2H3,(H,15,16,18). The number of rotatable bonds is 2. The number of phenols is 1. The first-order valence-corrected chi connectivity index (χ1v) is 6.06. The zero-order valence-corrected chi connectivity index (χ0v) is 11.7. The number of aromatic amines is 1. The molecule has 0 unspecified atom stereocenters. The van der Waals surface area contributed by atoms with Crippen LogP contribution in [0.3, 0.4) is 0 Å². The number of aryl methyl sites for hydroxylation is 1. The predicted octanol–water partition coefficient (Wildman–Crippen LogP) is 2.36. The Hall–Kier alpha value is -1.89. The summed E-state index contributed by atoms with van der Waals surface area (Å²) in [5.41, 5.74) is -0.352. The van der Waals surface area contributed by atoms with Crippen molar-refractivity contribution in [3.63, 3.8) is 0 Å². The maximum atomic E-state index is 13.2. The Balaban J connectivity index is 2.66. The number of hydrogen-bond acceptors (Lipinski definition) is 4. The maximum absolute atomic E-state index is 13.2. The van der Waals surface area contributed by atoms with E-state index in [0.717, 1.165) is 0 Å². The fraction of sp³-hybridized carbons (Fsp3) is 0.167. The van der Waals surface area contributed by atoms with Gasteiger partial charge in [0.2, 0.25) is 5.82 Å². The first-order valence-electron chi connectivity index (χ1n) is 5.27. The van der Waals surface area contributed by atoms with Crippen LogP contribution in [0.15, 0.2) is 21.4 Å². The Morgan fingerprint density at radius 2 is 2.16 bits per heavy atom. The van der Waals surface area contributed by atoms with E-state index in [0.29, 0.717) is 10.0 Å². The van der Waals surface area contributed by atoms with E-state index in [1.165, 1.54) is 20.1 Å². The summed E-state index contributed by atoms with van der Waals surface area (Å²) in [5, 5.41) is 9.70. The summed E-state index contributed by atoms with van der Waals surface area (Å²) in [6.07, 6.45) is 0. The number of ether oxygens (including phenoxy) is 1. The van der Waals surface area contributed by atoms with Gasteiger partial charge >= 0.3 is 0 Å². The minimum absolute atomic E-state index is 0.00177. The van der Waals surface area contributed by atoms with Gasteiger partial charge in [-0.15, -0.1) is 0 Å². The van der Waals surface area contributed by atoms with Crippen molar-refractivity contribution in [1.29, 1.82) is 0 Å². The minimum Gasteiger partial charge on any atom is -0.503 e. The van der Waals surface area contributed by atoms with Crippen LogP contribution in [-0.4, -0.2) is 22.2 Å². The average molecular weight is 329 g/mol. The predicted molar refractivity (Wildman–Crippen MR) is 70.9 cm³/mol. The van der Waals surface area contributed by atoms with E-state index in [4.69, 9.17) is 4.74 Å². The van der Waals surface area contributed by atoms with Crippen LogP contribution in [0, 0.1) is 12.7 Å². The lowest BCUT2D eigenvalue weighted by Crippen LogP contribution is -2.15. The molecule has 0 aliphatic heterocycles. The van der Waals surface area contributed by atoms with Crippen LogP contribution in [0.2, 0.25) is 0 Å². The molecule has 2 N–H and O–H groups in total. The molecule has 0 spiro atoms. The molecule has 2 aromatic rings. The third-order valence-electron chi connectivity index (χ3n) is 2.55. The fourth-order valence-electron chi connectivity index (χ4n) is 1.57. The molecule has 0 saturated carbocycles. The summed E-state index contributed by atoms with van der Waals surface area (Å²) in [6.45, 7) is 1.40. The summed E-state index contributed by atoms with van der Waals surface area (Å²) >= 11 is 3.16. The molecule has 0 amide bonds. The van der Waals surface area contributed by atoms with Crippen LogP contribution in [0.1, 0.15) is 5.69 Å². The van der Waals surface area contributed by atoms with Gasteiger partial charge in [0, 0.05) is 5.56 Å². The largest absolute Gasteiger partial charge is 0.503 e. The summed E-state index contributed by atoms with van der Waals surface area (Å²) in [6, 6.07) is 3.04. The molecule has 2 rings (SSSR count). The number of methoxy groups -OCH3 is 1. The number of benzene rings is 1. The monoisotopic (exact) mass is 328 g/mol. The second kappa shape index (κ2) is 5.00. The number of nitrogens with zero attached hydrogens (tertiary/aromatic N) is 1. The van der Waals surface area contributed by atoms with Crippen LogP contribution < -0.4 is 10.3 Å². The Labute approximate surface area is 116 Å². The summed E-state index contributed by atoms with van der Waals surface area (Å²) in [7, 11) is 1.40. The number of aromatic nitrogens is 2. The normalized spacial score (nSPS) is 10.5. The van der Waals surface area contributed by atoms with Crippen LogP contribution >= 0.6 is 15.9 Å². The van der Waals surface area contributed by atoms with Crippen molar-refractivity contribution in [2.75, 3.05) is 7.11 Å². The smallest absolute Gasteiger partial charge is 0.287 e. The number of phenolic OH excluding ortho intramolecular Hbond substituents is 1. The average Bonchev–Trinajstić information content (AvgIpc) is 2.38. The lowest BCUT2D eigenvalue weighted by molar-refractivity contribution is 0.372. The molecule has 0 radical (unpaired) electrons. The van der Waals surface area contributed by atoms with Gasteiger partial charge in [-0.1, -0.05) is 0 Å². The molecule has 5 nitrogen and oxygen atoms in total. The Morgan fingerprint density at radius 1 is 1.47 bits per heavy atom. The molecule has 0 aliphatic rings. The number of nitrogens with one attached hydrogen (secondary N) is 1. The van der Waals surface area contributed by atoms with Gasteiger partial charge in [0.25, 0.3) is 5.56 Å². The molecule has 0 aliphatic carbocycles. The van der Waals surface area contributed by atoms with Crippen molar-refractivity contribution in [1.82, 2.24) is 9.97 Å². The Kier molecular flexibility index (Phi) is 3.57. The first kappa shape index (κ1) is 13.5. The second-order valence-electron chi connectivity index (χ2n) is 3.82. The first-order chi connectivity index (χ1) is 8.93. The van der Waals surface area contributed by atoms with Crippen molar-refractivity contribution in [2.45, 2.75) is 6.92 Å². The number of aromatic hydroxyl groups is 1. The van der Waals surface area contributed by atoms with Crippen LogP contribution in [0.25, 0.3) is 11.4 Å². The van der Waals surface area contributed by atoms with E-state index in [1.54, 1.807) is 6.07 Å². The molecule has 1 heterocycles. The van der Waals surface area contributed by atoms with Crippen molar-refractivity contribution >= 4 is 15.9 Å². The highest BCUT2D eigenvalue weighted by atomic mass is 79.9. The quantitative estimate of drug-likeness (QED) is 0.887. The molecule has 1 aromatic carbocycles. The molecule has 0 atom stereocenters. The second-order valence-corrected chi connectivity index (χ2v) is 4.68. The molecule has 19 heavy (non-hydrogen) atoms. The Morgan fingerprint density at radius 3 is 2.74 bits per heavy atom. The topological polar surface area (TPSA) is 75.2 Å². The van der Waals surface area contributed by atoms with Crippen molar-refractivity contribution in [2.24, 2.45) is 0 Å². The Bertz CT molecular complexity index is 700. The van der Waals surface area contributed by atoms with E-state index in [2.05, 4.69) is 25.9 Å².